The van der Waals surface area contributed by atoms with Crippen LogP contribution in [-0.4, -0.2) is 17.8 Å². The fourth-order valence-corrected chi connectivity index (χ4v) is 1.56. The summed E-state index contributed by atoms with van der Waals surface area (Å²) in [5.41, 5.74) is 0.325. The Morgan fingerprint density at radius 2 is 2.13 bits per heavy atom. The number of nitrogens with one attached hydrogen (secondary N) is 1. The van der Waals surface area contributed by atoms with Crippen molar-refractivity contribution in [2.75, 3.05) is 6.61 Å². The third-order valence-electron chi connectivity index (χ3n) is 2.53. The summed E-state index contributed by atoms with van der Waals surface area (Å²) in [4.78, 5) is 0. The molecule has 0 spiro atoms. The lowest BCUT2D eigenvalue weighted by Crippen LogP contribution is -2.27. The molecule has 1 aliphatic rings. The molecule has 0 radical (unpaired) electrons. The van der Waals surface area contributed by atoms with E-state index in [9.17, 15) is 8.78 Å². The maximum Gasteiger partial charge on any atom is 0.130 e. The molecule has 2 rings (SSSR count). The monoisotopic (exact) mass is 213 g/mol. The largest absolute Gasteiger partial charge is 0.394 e. The molecule has 1 aromatic rings. The Hall–Kier alpha value is -1.00. The van der Waals surface area contributed by atoms with Crippen LogP contribution in [0.2, 0.25) is 0 Å². The van der Waals surface area contributed by atoms with Crippen LogP contribution in [-0.2, 0) is 0 Å². The molecule has 0 amide bonds. The van der Waals surface area contributed by atoms with Gasteiger partial charge in [-0.1, -0.05) is 6.07 Å². The summed E-state index contributed by atoms with van der Waals surface area (Å²) in [6.45, 7) is -0.181. The van der Waals surface area contributed by atoms with Crippen molar-refractivity contribution in [2.24, 2.45) is 0 Å². The van der Waals surface area contributed by atoms with E-state index >= 15 is 0 Å². The minimum Gasteiger partial charge on any atom is -0.394 e. The molecular formula is C11H13F2NO. The van der Waals surface area contributed by atoms with E-state index in [1.807, 2.05) is 0 Å². The summed E-state index contributed by atoms with van der Waals surface area (Å²) in [6, 6.07) is 3.35. The molecule has 2 nitrogen and oxygen atoms in total. The SMILES string of the molecule is OCC(NC1CC1)c1ccc(F)cc1F. The number of hydrogen-bond acceptors (Lipinski definition) is 2. The second kappa shape index (κ2) is 4.24. The number of aliphatic hydroxyl groups is 1. The molecule has 1 atom stereocenters. The molecule has 82 valence electrons. The lowest BCUT2D eigenvalue weighted by Gasteiger charge is -2.16. The van der Waals surface area contributed by atoms with Crippen LogP contribution in [0.4, 0.5) is 8.78 Å². The average Bonchev–Trinajstić information content (AvgIpc) is 2.99. The third-order valence-corrected chi connectivity index (χ3v) is 2.53. The van der Waals surface area contributed by atoms with Crippen LogP contribution in [0, 0.1) is 11.6 Å². The normalized spacial score (nSPS) is 17.8. The van der Waals surface area contributed by atoms with Crippen LogP contribution in [0.25, 0.3) is 0 Å². The molecule has 0 saturated heterocycles. The molecular weight excluding hydrogens is 200 g/mol. The van der Waals surface area contributed by atoms with Crippen LogP contribution in [0.5, 0.6) is 0 Å². The number of hydrogen-bond donors (Lipinski definition) is 2. The fourth-order valence-electron chi connectivity index (χ4n) is 1.56. The van der Waals surface area contributed by atoms with Gasteiger partial charge < -0.3 is 10.4 Å². The van der Waals surface area contributed by atoms with Crippen molar-refractivity contribution in [2.45, 2.75) is 24.9 Å². The van der Waals surface area contributed by atoms with E-state index in [4.69, 9.17) is 5.11 Å². The van der Waals surface area contributed by atoms with Gasteiger partial charge in [0.25, 0.3) is 0 Å². The maximum atomic E-state index is 13.4. The van der Waals surface area contributed by atoms with E-state index in [1.54, 1.807) is 0 Å². The van der Waals surface area contributed by atoms with Crippen LogP contribution in [0.3, 0.4) is 0 Å². The standard InChI is InChI=1S/C11H13F2NO/c12-7-1-4-9(10(13)5-7)11(6-15)14-8-2-3-8/h1,4-5,8,11,14-15H,2-3,6H2. The highest BCUT2D eigenvalue weighted by molar-refractivity contribution is 5.22. The Morgan fingerprint density at radius 1 is 1.40 bits per heavy atom. The van der Waals surface area contributed by atoms with E-state index in [-0.39, 0.29) is 6.61 Å². The summed E-state index contributed by atoms with van der Waals surface area (Å²) >= 11 is 0. The minimum absolute atomic E-state index is 0.181. The van der Waals surface area contributed by atoms with Crippen LogP contribution >= 0.6 is 0 Å². The van der Waals surface area contributed by atoms with Crippen molar-refractivity contribution in [3.05, 3.63) is 35.4 Å². The van der Waals surface area contributed by atoms with Gasteiger partial charge >= 0.3 is 0 Å². The lowest BCUT2D eigenvalue weighted by atomic mass is 10.1. The molecule has 1 aromatic carbocycles. The summed E-state index contributed by atoms with van der Waals surface area (Å²) in [5, 5.41) is 12.2. The predicted molar refractivity (Wildman–Crippen MR) is 52.3 cm³/mol. The lowest BCUT2D eigenvalue weighted by molar-refractivity contribution is 0.240. The molecule has 0 bridgehead atoms. The molecule has 2 N–H and O–H groups in total. The fraction of sp³-hybridized carbons (Fsp3) is 0.455. The van der Waals surface area contributed by atoms with Crippen LogP contribution in [0.15, 0.2) is 18.2 Å². The molecule has 1 fully saturated rings. The zero-order valence-corrected chi connectivity index (χ0v) is 8.21. The smallest absolute Gasteiger partial charge is 0.130 e. The van der Waals surface area contributed by atoms with Crippen LogP contribution in [0.1, 0.15) is 24.4 Å². The number of rotatable bonds is 4. The predicted octanol–water partition coefficient (Wildman–Crippen LogP) is 1.75. The first-order chi connectivity index (χ1) is 7.20. The Labute approximate surface area is 86.9 Å². The highest BCUT2D eigenvalue weighted by Gasteiger charge is 2.26. The average molecular weight is 213 g/mol. The van der Waals surface area contributed by atoms with Crippen LogP contribution < -0.4 is 5.32 Å². The summed E-state index contributed by atoms with van der Waals surface area (Å²) in [7, 11) is 0. The summed E-state index contributed by atoms with van der Waals surface area (Å²) in [6.07, 6.45) is 2.11. The van der Waals surface area contributed by atoms with Crippen molar-refractivity contribution in [1.82, 2.24) is 5.32 Å². The first-order valence-corrected chi connectivity index (χ1v) is 5.02. The zero-order chi connectivity index (χ0) is 10.8. The van der Waals surface area contributed by atoms with Gasteiger partial charge in [-0.25, -0.2) is 8.78 Å². The van der Waals surface area contributed by atoms with E-state index in [0.717, 1.165) is 18.9 Å². The van der Waals surface area contributed by atoms with Gasteiger partial charge in [-0.15, -0.1) is 0 Å². The maximum absolute atomic E-state index is 13.4. The van der Waals surface area contributed by atoms with Gasteiger partial charge in [0.1, 0.15) is 11.6 Å². The van der Waals surface area contributed by atoms with Gasteiger partial charge in [0, 0.05) is 17.7 Å². The first-order valence-electron chi connectivity index (χ1n) is 5.02. The van der Waals surface area contributed by atoms with Crippen molar-refractivity contribution in [1.29, 1.82) is 0 Å². The van der Waals surface area contributed by atoms with E-state index in [2.05, 4.69) is 5.32 Å². The van der Waals surface area contributed by atoms with Crippen molar-refractivity contribution in [3.63, 3.8) is 0 Å². The molecule has 0 aliphatic heterocycles. The van der Waals surface area contributed by atoms with Crippen molar-refractivity contribution >= 4 is 0 Å². The van der Waals surface area contributed by atoms with E-state index in [0.29, 0.717) is 11.6 Å². The Kier molecular flexibility index (Phi) is 2.98. The number of halogens is 2. The van der Waals surface area contributed by atoms with Gasteiger partial charge in [0.15, 0.2) is 0 Å². The molecule has 1 unspecified atom stereocenters. The number of aliphatic hydroxyl groups excluding tert-OH is 1. The molecule has 0 heterocycles. The second-order valence-corrected chi connectivity index (χ2v) is 3.84. The Balaban J connectivity index is 2.16. The molecule has 1 aliphatic carbocycles. The van der Waals surface area contributed by atoms with Gasteiger partial charge in [0.2, 0.25) is 0 Å². The zero-order valence-electron chi connectivity index (χ0n) is 8.21. The molecule has 4 heteroatoms. The molecule has 0 aromatic heterocycles. The highest BCUT2D eigenvalue weighted by atomic mass is 19.1. The third kappa shape index (κ3) is 2.52. The minimum atomic E-state index is -0.609. The topological polar surface area (TPSA) is 32.3 Å². The second-order valence-electron chi connectivity index (χ2n) is 3.84. The molecule has 1 saturated carbocycles. The van der Waals surface area contributed by atoms with Gasteiger partial charge in [-0.2, -0.15) is 0 Å². The van der Waals surface area contributed by atoms with E-state index in [1.165, 1.54) is 12.1 Å². The van der Waals surface area contributed by atoms with Gasteiger partial charge in [-0.05, 0) is 18.9 Å². The van der Waals surface area contributed by atoms with E-state index < -0.39 is 17.7 Å². The quantitative estimate of drug-likeness (QED) is 0.798. The van der Waals surface area contributed by atoms with Gasteiger partial charge in [-0.3, -0.25) is 0 Å². The molecule has 15 heavy (non-hydrogen) atoms. The Bertz CT molecular complexity index is 352. The first kappa shape index (κ1) is 10.5. The summed E-state index contributed by atoms with van der Waals surface area (Å²) in [5.74, 6) is -1.21. The summed E-state index contributed by atoms with van der Waals surface area (Å²) < 4.78 is 26.0. The van der Waals surface area contributed by atoms with Crippen molar-refractivity contribution in [3.8, 4) is 0 Å². The Morgan fingerprint density at radius 3 is 2.67 bits per heavy atom. The van der Waals surface area contributed by atoms with Gasteiger partial charge in [0.05, 0.1) is 12.6 Å². The highest BCUT2D eigenvalue weighted by Crippen LogP contribution is 2.25. The van der Waals surface area contributed by atoms with Crippen molar-refractivity contribution < 1.29 is 13.9 Å². The number of benzene rings is 1.